The summed E-state index contributed by atoms with van der Waals surface area (Å²) in [5.74, 6) is 0.202. The lowest BCUT2D eigenvalue weighted by Gasteiger charge is -2.17. The summed E-state index contributed by atoms with van der Waals surface area (Å²) in [5.41, 5.74) is 0.828. The number of hydrogen-bond donors (Lipinski definition) is 3. The number of nitrogens with one attached hydrogen (secondary N) is 2. The van der Waals surface area contributed by atoms with Crippen LogP contribution < -0.4 is 10.6 Å². The van der Waals surface area contributed by atoms with Gasteiger partial charge in [0.1, 0.15) is 5.75 Å². The first kappa shape index (κ1) is 12.5. The SMILES string of the molecule is CCC(NCC(=O)NC)c1ccccc1O. The smallest absolute Gasteiger partial charge is 0.233 e. The molecule has 88 valence electrons. The Hall–Kier alpha value is -1.55. The first-order chi connectivity index (χ1) is 7.69. The van der Waals surface area contributed by atoms with E-state index in [1.165, 1.54) is 0 Å². The van der Waals surface area contributed by atoms with E-state index in [9.17, 15) is 9.90 Å². The largest absolute Gasteiger partial charge is 0.508 e. The molecule has 1 aromatic carbocycles. The van der Waals surface area contributed by atoms with Crippen molar-refractivity contribution in [2.24, 2.45) is 0 Å². The third-order valence-corrected chi connectivity index (χ3v) is 2.51. The second-order valence-corrected chi connectivity index (χ2v) is 3.57. The molecule has 0 fully saturated rings. The number of benzene rings is 1. The summed E-state index contributed by atoms with van der Waals surface area (Å²) in [5, 5.41) is 15.3. The summed E-state index contributed by atoms with van der Waals surface area (Å²) in [6, 6.07) is 7.17. The van der Waals surface area contributed by atoms with Crippen molar-refractivity contribution in [2.45, 2.75) is 19.4 Å². The molecule has 0 saturated carbocycles. The highest BCUT2D eigenvalue weighted by Gasteiger charge is 2.13. The number of carbonyl (C=O) groups is 1. The number of carbonyl (C=O) groups excluding carboxylic acids is 1. The number of rotatable bonds is 5. The van der Waals surface area contributed by atoms with Gasteiger partial charge in [-0.1, -0.05) is 25.1 Å². The molecule has 1 amide bonds. The fourth-order valence-electron chi connectivity index (χ4n) is 1.56. The van der Waals surface area contributed by atoms with Gasteiger partial charge in [-0.15, -0.1) is 0 Å². The number of amides is 1. The minimum Gasteiger partial charge on any atom is -0.508 e. The molecule has 1 rings (SSSR count). The first-order valence-electron chi connectivity index (χ1n) is 5.40. The summed E-state index contributed by atoms with van der Waals surface area (Å²) < 4.78 is 0. The molecule has 0 spiro atoms. The summed E-state index contributed by atoms with van der Waals surface area (Å²) >= 11 is 0. The van der Waals surface area contributed by atoms with Crippen LogP contribution in [-0.2, 0) is 4.79 Å². The average molecular weight is 222 g/mol. The highest BCUT2D eigenvalue weighted by molar-refractivity contribution is 5.77. The number of para-hydroxylation sites is 1. The lowest BCUT2D eigenvalue weighted by molar-refractivity contribution is -0.119. The first-order valence-corrected chi connectivity index (χ1v) is 5.40. The summed E-state index contributed by atoms with van der Waals surface area (Å²) in [4.78, 5) is 11.1. The molecule has 4 heteroatoms. The van der Waals surface area contributed by atoms with Crippen LogP contribution in [0.15, 0.2) is 24.3 Å². The second kappa shape index (κ2) is 6.12. The predicted molar refractivity (Wildman–Crippen MR) is 63.2 cm³/mol. The van der Waals surface area contributed by atoms with Crippen molar-refractivity contribution in [1.29, 1.82) is 0 Å². The number of phenolic OH excluding ortho intramolecular Hbond substituents is 1. The average Bonchev–Trinajstić information content (AvgIpc) is 2.31. The molecule has 0 heterocycles. The fourth-order valence-corrected chi connectivity index (χ4v) is 1.56. The van der Waals surface area contributed by atoms with Gasteiger partial charge in [0.05, 0.1) is 6.54 Å². The van der Waals surface area contributed by atoms with E-state index in [0.717, 1.165) is 12.0 Å². The lowest BCUT2D eigenvalue weighted by atomic mass is 10.0. The molecule has 16 heavy (non-hydrogen) atoms. The number of aromatic hydroxyl groups is 1. The molecule has 0 aromatic heterocycles. The minimum absolute atomic E-state index is 0.00139. The van der Waals surface area contributed by atoms with Crippen LogP contribution in [0.5, 0.6) is 5.75 Å². The third kappa shape index (κ3) is 3.24. The van der Waals surface area contributed by atoms with Crippen molar-refractivity contribution in [3.8, 4) is 5.75 Å². The van der Waals surface area contributed by atoms with Gasteiger partial charge in [0, 0.05) is 18.7 Å². The topological polar surface area (TPSA) is 61.4 Å². The van der Waals surface area contributed by atoms with Gasteiger partial charge in [-0.25, -0.2) is 0 Å². The fraction of sp³-hybridized carbons (Fsp3) is 0.417. The van der Waals surface area contributed by atoms with Crippen LogP contribution in [0.4, 0.5) is 0 Å². The minimum atomic E-state index is -0.0612. The summed E-state index contributed by atoms with van der Waals surface area (Å²) in [7, 11) is 1.60. The van der Waals surface area contributed by atoms with Gasteiger partial charge in [0.2, 0.25) is 5.91 Å². The summed E-state index contributed by atoms with van der Waals surface area (Å²) in [6.07, 6.45) is 0.814. The Bertz CT molecular complexity index is 353. The highest BCUT2D eigenvalue weighted by Crippen LogP contribution is 2.25. The van der Waals surface area contributed by atoms with Gasteiger partial charge < -0.3 is 15.7 Å². The van der Waals surface area contributed by atoms with E-state index in [-0.39, 0.29) is 24.2 Å². The molecule has 0 radical (unpaired) electrons. The molecule has 0 bridgehead atoms. The Balaban J connectivity index is 2.68. The Morgan fingerprint density at radius 1 is 1.44 bits per heavy atom. The zero-order chi connectivity index (χ0) is 12.0. The van der Waals surface area contributed by atoms with Gasteiger partial charge in [-0.2, -0.15) is 0 Å². The molecule has 3 N–H and O–H groups in total. The van der Waals surface area contributed by atoms with Gasteiger partial charge in [-0.05, 0) is 12.5 Å². The Morgan fingerprint density at radius 3 is 2.69 bits per heavy atom. The molecular weight excluding hydrogens is 204 g/mol. The van der Waals surface area contributed by atoms with Crippen molar-refractivity contribution in [1.82, 2.24) is 10.6 Å². The third-order valence-electron chi connectivity index (χ3n) is 2.51. The van der Waals surface area contributed by atoms with Crippen LogP contribution in [0.25, 0.3) is 0 Å². The van der Waals surface area contributed by atoms with Gasteiger partial charge in [-0.3, -0.25) is 4.79 Å². The maximum Gasteiger partial charge on any atom is 0.233 e. The Morgan fingerprint density at radius 2 is 2.12 bits per heavy atom. The number of likely N-dealkylation sites (N-methyl/N-ethyl adjacent to an activating group) is 1. The van der Waals surface area contributed by atoms with E-state index in [1.54, 1.807) is 19.2 Å². The molecule has 1 unspecified atom stereocenters. The van der Waals surface area contributed by atoms with E-state index < -0.39 is 0 Å². The Labute approximate surface area is 95.7 Å². The van der Waals surface area contributed by atoms with Crippen LogP contribution in [0.1, 0.15) is 24.9 Å². The zero-order valence-corrected chi connectivity index (χ0v) is 9.66. The molecule has 0 aliphatic heterocycles. The number of phenols is 1. The van der Waals surface area contributed by atoms with Crippen molar-refractivity contribution >= 4 is 5.91 Å². The van der Waals surface area contributed by atoms with Gasteiger partial charge in [0.15, 0.2) is 0 Å². The molecule has 1 aromatic rings. The Kier molecular flexibility index (Phi) is 4.79. The van der Waals surface area contributed by atoms with Crippen molar-refractivity contribution in [3.63, 3.8) is 0 Å². The molecular formula is C12H18N2O2. The van der Waals surface area contributed by atoms with Crippen molar-refractivity contribution in [2.75, 3.05) is 13.6 Å². The van der Waals surface area contributed by atoms with Crippen LogP contribution in [-0.4, -0.2) is 24.6 Å². The molecule has 0 aliphatic carbocycles. The molecule has 1 atom stereocenters. The quantitative estimate of drug-likeness (QED) is 0.701. The molecule has 0 aliphatic rings. The summed E-state index contributed by atoms with van der Waals surface area (Å²) in [6.45, 7) is 2.26. The maximum atomic E-state index is 11.1. The van der Waals surface area contributed by atoms with E-state index in [4.69, 9.17) is 0 Å². The predicted octanol–water partition coefficient (Wildman–Crippen LogP) is 1.18. The monoisotopic (exact) mass is 222 g/mol. The van der Waals surface area contributed by atoms with E-state index >= 15 is 0 Å². The van der Waals surface area contributed by atoms with Crippen LogP contribution >= 0.6 is 0 Å². The van der Waals surface area contributed by atoms with Crippen LogP contribution in [0.2, 0.25) is 0 Å². The lowest BCUT2D eigenvalue weighted by Crippen LogP contribution is -2.33. The van der Waals surface area contributed by atoms with Crippen LogP contribution in [0.3, 0.4) is 0 Å². The normalized spacial score (nSPS) is 12.1. The molecule has 0 saturated heterocycles. The van der Waals surface area contributed by atoms with Gasteiger partial charge >= 0.3 is 0 Å². The second-order valence-electron chi connectivity index (χ2n) is 3.57. The van der Waals surface area contributed by atoms with E-state index in [1.807, 2.05) is 19.1 Å². The van der Waals surface area contributed by atoms with Crippen molar-refractivity contribution in [3.05, 3.63) is 29.8 Å². The maximum absolute atomic E-state index is 11.1. The number of hydrogen-bond acceptors (Lipinski definition) is 3. The van der Waals surface area contributed by atoms with Crippen molar-refractivity contribution < 1.29 is 9.90 Å². The van der Waals surface area contributed by atoms with E-state index in [2.05, 4.69) is 10.6 Å². The van der Waals surface area contributed by atoms with E-state index in [0.29, 0.717) is 0 Å². The standard InChI is InChI=1S/C12H18N2O2/c1-3-10(14-8-12(16)13-2)9-6-4-5-7-11(9)15/h4-7,10,14-15H,3,8H2,1-2H3,(H,13,16). The van der Waals surface area contributed by atoms with Crippen LogP contribution in [0, 0.1) is 0 Å². The highest BCUT2D eigenvalue weighted by atomic mass is 16.3. The van der Waals surface area contributed by atoms with Gasteiger partial charge in [0.25, 0.3) is 0 Å². The zero-order valence-electron chi connectivity index (χ0n) is 9.66. The molecule has 4 nitrogen and oxygen atoms in total.